The zero-order chi connectivity index (χ0) is 21.0. The van der Waals surface area contributed by atoms with Gasteiger partial charge in [0.1, 0.15) is 5.82 Å². The van der Waals surface area contributed by atoms with Crippen LogP contribution in [0.2, 0.25) is 0 Å². The van der Waals surface area contributed by atoms with Crippen molar-refractivity contribution in [1.29, 1.82) is 0 Å². The lowest BCUT2D eigenvalue weighted by molar-refractivity contribution is 0.0999. The smallest absolute Gasteiger partial charge is 0.248 e. The molecule has 0 radical (unpaired) electrons. The molecular weight excluding hydrogens is 375 g/mol. The molecule has 0 saturated heterocycles. The largest absolute Gasteiger partial charge is 0.366 e. The van der Waals surface area contributed by atoms with Crippen LogP contribution in [0.4, 0.5) is 4.39 Å². The molecule has 0 aliphatic heterocycles. The van der Waals surface area contributed by atoms with E-state index >= 15 is 0 Å². The van der Waals surface area contributed by atoms with Crippen LogP contribution in [-0.2, 0) is 6.42 Å². The Bertz CT molecular complexity index is 976. The summed E-state index contributed by atoms with van der Waals surface area (Å²) in [6, 6.07) is 12.6. The second kappa shape index (κ2) is 9.02. The Labute approximate surface area is 178 Å². The lowest BCUT2D eigenvalue weighted by Gasteiger charge is -2.35. The highest BCUT2D eigenvalue weighted by atomic mass is 19.1. The summed E-state index contributed by atoms with van der Waals surface area (Å²) >= 11 is 0. The van der Waals surface area contributed by atoms with Gasteiger partial charge in [-0.15, -0.1) is 0 Å². The molecule has 0 bridgehead atoms. The number of nitrogens with one attached hydrogen (secondary N) is 1. The highest BCUT2D eigenvalue weighted by Crippen LogP contribution is 2.35. The Morgan fingerprint density at radius 1 is 1.07 bits per heavy atom. The lowest BCUT2D eigenvalue weighted by Crippen LogP contribution is -2.48. The summed E-state index contributed by atoms with van der Waals surface area (Å²) in [7, 11) is 0. The molecule has 0 heterocycles. The van der Waals surface area contributed by atoms with Crippen molar-refractivity contribution in [1.82, 2.24) is 5.32 Å². The van der Waals surface area contributed by atoms with E-state index in [1.54, 1.807) is 30.3 Å². The number of rotatable bonds is 5. The average molecular weight is 405 g/mol. The summed E-state index contributed by atoms with van der Waals surface area (Å²) in [4.78, 5) is 12.1. The SMILES string of the molecule is NC(=O)c1ccc(C#Cc2ccccc2F)cc1CC1(NC2CC2)CCCCCC1. The maximum atomic E-state index is 13.9. The van der Waals surface area contributed by atoms with E-state index in [9.17, 15) is 9.18 Å². The van der Waals surface area contributed by atoms with Gasteiger partial charge in [0, 0.05) is 22.7 Å². The van der Waals surface area contributed by atoms with Gasteiger partial charge in [-0.05, 0) is 68.0 Å². The van der Waals surface area contributed by atoms with Crippen LogP contribution in [0.3, 0.4) is 0 Å². The maximum Gasteiger partial charge on any atom is 0.248 e. The molecule has 2 aliphatic rings. The summed E-state index contributed by atoms with van der Waals surface area (Å²) in [6.45, 7) is 0. The number of hydrogen-bond acceptors (Lipinski definition) is 2. The molecule has 4 heteroatoms. The van der Waals surface area contributed by atoms with Gasteiger partial charge < -0.3 is 11.1 Å². The minimum absolute atomic E-state index is 0.0133. The molecule has 2 aliphatic carbocycles. The minimum Gasteiger partial charge on any atom is -0.366 e. The predicted molar refractivity (Wildman–Crippen MR) is 118 cm³/mol. The summed E-state index contributed by atoms with van der Waals surface area (Å²) in [5, 5.41) is 3.91. The van der Waals surface area contributed by atoms with E-state index in [1.165, 1.54) is 44.6 Å². The summed E-state index contributed by atoms with van der Waals surface area (Å²) in [6.07, 6.45) is 10.4. The topological polar surface area (TPSA) is 55.1 Å². The fourth-order valence-electron chi connectivity index (χ4n) is 4.56. The van der Waals surface area contributed by atoms with Crippen molar-refractivity contribution in [2.45, 2.75) is 69.4 Å². The highest BCUT2D eigenvalue weighted by Gasteiger charge is 2.37. The van der Waals surface area contributed by atoms with E-state index < -0.39 is 5.91 Å². The fourth-order valence-corrected chi connectivity index (χ4v) is 4.56. The van der Waals surface area contributed by atoms with Crippen LogP contribution in [0.25, 0.3) is 0 Å². The molecule has 0 spiro atoms. The highest BCUT2D eigenvalue weighted by molar-refractivity contribution is 5.94. The van der Waals surface area contributed by atoms with Crippen LogP contribution in [0, 0.1) is 17.7 Å². The molecular formula is C26H29FN2O. The first-order chi connectivity index (χ1) is 14.5. The van der Waals surface area contributed by atoms with Gasteiger partial charge in [-0.3, -0.25) is 4.79 Å². The number of carbonyl (C=O) groups excluding carboxylic acids is 1. The van der Waals surface area contributed by atoms with Crippen LogP contribution in [-0.4, -0.2) is 17.5 Å². The van der Waals surface area contributed by atoms with E-state index in [4.69, 9.17) is 5.73 Å². The van der Waals surface area contributed by atoms with Gasteiger partial charge in [0.05, 0.1) is 5.56 Å². The predicted octanol–water partition coefficient (Wildman–Crippen LogP) is 4.71. The summed E-state index contributed by atoms with van der Waals surface area (Å²) in [5.74, 6) is 5.24. The third-order valence-corrected chi connectivity index (χ3v) is 6.26. The van der Waals surface area contributed by atoms with E-state index in [2.05, 4.69) is 17.2 Å². The van der Waals surface area contributed by atoms with Gasteiger partial charge in [-0.1, -0.05) is 49.7 Å². The number of carbonyl (C=O) groups is 1. The van der Waals surface area contributed by atoms with Crippen molar-refractivity contribution in [2.24, 2.45) is 5.73 Å². The van der Waals surface area contributed by atoms with Crippen molar-refractivity contribution >= 4 is 5.91 Å². The molecule has 2 aromatic carbocycles. The molecule has 0 unspecified atom stereocenters. The molecule has 30 heavy (non-hydrogen) atoms. The third kappa shape index (κ3) is 5.09. The minimum atomic E-state index is -0.409. The molecule has 3 nitrogen and oxygen atoms in total. The monoisotopic (exact) mass is 404 g/mol. The lowest BCUT2D eigenvalue weighted by atomic mass is 9.81. The molecule has 4 rings (SSSR count). The van der Waals surface area contributed by atoms with E-state index in [0.29, 0.717) is 17.2 Å². The van der Waals surface area contributed by atoms with Crippen molar-refractivity contribution in [2.75, 3.05) is 0 Å². The van der Waals surface area contributed by atoms with Crippen molar-refractivity contribution in [3.8, 4) is 11.8 Å². The van der Waals surface area contributed by atoms with Crippen molar-refractivity contribution < 1.29 is 9.18 Å². The van der Waals surface area contributed by atoms with Crippen LogP contribution >= 0.6 is 0 Å². The molecule has 156 valence electrons. The van der Waals surface area contributed by atoms with E-state index in [0.717, 1.165) is 30.4 Å². The average Bonchev–Trinajstić information content (AvgIpc) is 3.56. The van der Waals surface area contributed by atoms with Gasteiger partial charge in [-0.25, -0.2) is 4.39 Å². The number of benzene rings is 2. The Hall–Kier alpha value is -2.64. The molecule has 2 saturated carbocycles. The summed E-state index contributed by atoms with van der Waals surface area (Å²) < 4.78 is 13.9. The molecule has 1 amide bonds. The summed E-state index contributed by atoms with van der Waals surface area (Å²) in [5.41, 5.74) is 8.36. The molecule has 2 aromatic rings. The number of halogens is 1. The Balaban J connectivity index is 1.66. The van der Waals surface area contributed by atoms with Crippen LogP contribution in [0.15, 0.2) is 42.5 Å². The van der Waals surface area contributed by atoms with E-state index in [1.807, 2.05) is 6.07 Å². The van der Waals surface area contributed by atoms with Gasteiger partial charge in [-0.2, -0.15) is 0 Å². The van der Waals surface area contributed by atoms with E-state index in [-0.39, 0.29) is 11.4 Å². The number of amides is 1. The fraction of sp³-hybridized carbons (Fsp3) is 0.423. The van der Waals surface area contributed by atoms with Crippen molar-refractivity contribution in [3.05, 3.63) is 70.5 Å². The van der Waals surface area contributed by atoms with Crippen LogP contribution < -0.4 is 11.1 Å². The first kappa shape index (κ1) is 20.6. The Morgan fingerprint density at radius 3 is 2.47 bits per heavy atom. The Kier molecular flexibility index (Phi) is 6.20. The molecule has 0 atom stereocenters. The number of nitrogens with two attached hydrogens (primary N) is 1. The van der Waals surface area contributed by atoms with Crippen LogP contribution in [0.1, 0.15) is 78.4 Å². The standard InChI is InChI=1S/C26H29FN2O/c27-24-8-4-3-7-20(24)11-9-19-10-14-23(25(28)30)21(17-19)18-26(29-22-12-13-22)15-5-1-2-6-16-26/h3-4,7-8,10,14,17,22,29H,1-2,5-6,12-13,15-16,18H2,(H2,28,30). The quantitative estimate of drug-likeness (QED) is 0.560. The zero-order valence-electron chi connectivity index (χ0n) is 17.3. The van der Waals surface area contributed by atoms with Gasteiger partial charge in [0.2, 0.25) is 5.91 Å². The Morgan fingerprint density at radius 2 is 1.80 bits per heavy atom. The van der Waals surface area contributed by atoms with Crippen molar-refractivity contribution in [3.63, 3.8) is 0 Å². The second-order valence-electron chi connectivity index (χ2n) is 8.76. The zero-order valence-corrected chi connectivity index (χ0v) is 17.3. The van der Waals surface area contributed by atoms with Gasteiger partial charge in [0.15, 0.2) is 0 Å². The first-order valence-electron chi connectivity index (χ1n) is 11.0. The normalized spacial score (nSPS) is 18.2. The molecule has 3 N–H and O–H groups in total. The second-order valence-corrected chi connectivity index (χ2v) is 8.76. The third-order valence-electron chi connectivity index (χ3n) is 6.26. The van der Waals surface area contributed by atoms with Gasteiger partial charge in [0.25, 0.3) is 0 Å². The molecule has 0 aromatic heterocycles. The number of hydrogen-bond donors (Lipinski definition) is 2. The first-order valence-corrected chi connectivity index (χ1v) is 11.0. The van der Waals surface area contributed by atoms with Gasteiger partial charge >= 0.3 is 0 Å². The van der Waals surface area contributed by atoms with Crippen LogP contribution in [0.5, 0.6) is 0 Å². The maximum absolute atomic E-state index is 13.9. The molecule has 2 fully saturated rings. The number of primary amides is 1.